The van der Waals surface area contributed by atoms with Gasteiger partial charge in [-0.3, -0.25) is 0 Å². The molecule has 1 aromatic carbocycles. The Kier molecular flexibility index (Phi) is 3.49. The van der Waals surface area contributed by atoms with Crippen molar-refractivity contribution in [2.24, 2.45) is 5.41 Å². The van der Waals surface area contributed by atoms with Gasteiger partial charge in [0.1, 0.15) is 5.82 Å². The molecule has 0 spiro atoms. The van der Waals surface area contributed by atoms with Crippen molar-refractivity contribution in [1.29, 1.82) is 0 Å². The second-order valence-electron chi connectivity index (χ2n) is 5.45. The van der Waals surface area contributed by atoms with Crippen molar-refractivity contribution in [3.05, 3.63) is 29.6 Å². The first-order valence-corrected chi connectivity index (χ1v) is 6.18. The van der Waals surface area contributed by atoms with Gasteiger partial charge in [-0.25, -0.2) is 9.18 Å². The minimum absolute atomic E-state index is 0.00675. The lowest BCUT2D eigenvalue weighted by molar-refractivity contribution is -0.0510. The van der Waals surface area contributed by atoms with Crippen LogP contribution in [-0.2, 0) is 4.74 Å². The number of aliphatic hydroxyl groups excluding tert-OH is 1. The Bertz CT molecular complexity index is 501. The lowest BCUT2D eigenvalue weighted by Gasteiger charge is -2.50. The lowest BCUT2D eigenvalue weighted by Crippen LogP contribution is -2.57. The maximum Gasteiger partial charge on any atom is 0.339 e. The van der Waals surface area contributed by atoms with Gasteiger partial charge in [-0.1, -0.05) is 13.8 Å². The largest absolute Gasteiger partial charge is 0.465 e. The van der Waals surface area contributed by atoms with E-state index in [1.807, 2.05) is 13.8 Å². The van der Waals surface area contributed by atoms with Gasteiger partial charge in [0.15, 0.2) is 0 Å². The van der Waals surface area contributed by atoms with E-state index < -0.39 is 11.8 Å². The Morgan fingerprint density at radius 3 is 2.74 bits per heavy atom. The fraction of sp³-hybridized carbons (Fsp3) is 0.500. The topological polar surface area (TPSA) is 58.6 Å². The highest BCUT2D eigenvalue weighted by molar-refractivity contribution is 5.95. The van der Waals surface area contributed by atoms with Crippen LogP contribution in [0.25, 0.3) is 0 Å². The third-order valence-corrected chi connectivity index (χ3v) is 3.93. The average molecular weight is 267 g/mol. The van der Waals surface area contributed by atoms with Crippen LogP contribution in [0.3, 0.4) is 0 Å². The number of hydrogen-bond donors (Lipinski definition) is 2. The number of methoxy groups -OCH3 is 1. The summed E-state index contributed by atoms with van der Waals surface area (Å²) in [6.07, 6.45) is 0.185. The SMILES string of the molecule is COC(=O)c1ccc(F)cc1NC1CC(O)C1(C)C. The van der Waals surface area contributed by atoms with Gasteiger partial charge < -0.3 is 15.2 Å². The van der Waals surface area contributed by atoms with E-state index in [2.05, 4.69) is 10.1 Å². The molecule has 1 aliphatic carbocycles. The molecular formula is C14H18FNO3. The van der Waals surface area contributed by atoms with Crippen LogP contribution in [0.1, 0.15) is 30.6 Å². The summed E-state index contributed by atoms with van der Waals surface area (Å²) in [6, 6.07) is 3.88. The molecule has 0 heterocycles. The first kappa shape index (κ1) is 13.8. The summed E-state index contributed by atoms with van der Waals surface area (Å²) >= 11 is 0. The van der Waals surface area contributed by atoms with Gasteiger partial charge >= 0.3 is 5.97 Å². The Morgan fingerprint density at radius 1 is 1.53 bits per heavy atom. The number of esters is 1. The number of anilines is 1. The van der Waals surface area contributed by atoms with Crippen molar-refractivity contribution < 1.29 is 19.0 Å². The predicted octanol–water partition coefficient (Wildman–Crippen LogP) is 2.18. The molecule has 0 saturated heterocycles. The number of hydrogen-bond acceptors (Lipinski definition) is 4. The van der Waals surface area contributed by atoms with Crippen LogP contribution in [0.2, 0.25) is 0 Å². The Labute approximate surface area is 111 Å². The van der Waals surface area contributed by atoms with Gasteiger partial charge in [-0.15, -0.1) is 0 Å². The number of benzene rings is 1. The number of ether oxygens (including phenoxy) is 1. The van der Waals surface area contributed by atoms with E-state index in [-0.39, 0.29) is 17.6 Å². The van der Waals surface area contributed by atoms with Crippen molar-refractivity contribution in [3.63, 3.8) is 0 Å². The number of carbonyl (C=O) groups excluding carboxylic acids is 1. The molecule has 1 aromatic rings. The fourth-order valence-electron chi connectivity index (χ4n) is 2.26. The maximum absolute atomic E-state index is 13.3. The van der Waals surface area contributed by atoms with Gasteiger partial charge in [-0.05, 0) is 24.6 Å². The molecule has 5 heteroatoms. The molecule has 2 rings (SSSR count). The van der Waals surface area contributed by atoms with Crippen molar-refractivity contribution >= 4 is 11.7 Å². The summed E-state index contributed by atoms with van der Waals surface area (Å²) in [5.41, 5.74) is 0.387. The second-order valence-corrected chi connectivity index (χ2v) is 5.45. The third kappa shape index (κ3) is 2.42. The van der Waals surface area contributed by atoms with E-state index in [4.69, 9.17) is 0 Å². The third-order valence-electron chi connectivity index (χ3n) is 3.93. The molecule has 4 nitrogen and oxygen atoms in total. The zero-order chi connectivity index (χ0) is 14.2. The van der Waals surface area contributed by atoms with Gasteiger partial charge in [0, 0.05) is 11.5 Å². The summed E-state index contributed by atoms with van der Waals surface area (Å²) < 4.78 is 18.0. The molecule has 0 aliphatic heterocycles. The number of halogens is 1. The molecule has 1 fully saturated rings. The average Bonchev–Trinajstić information content (AvgIpc) is 2.38. The molecular weight excluding hydrogens is 249 g/mol. The number of aliphatic hydroxyl groups is 1. The smallest absolute Gasteiger partial charge is 0.339 e. The Hall–Kier alpha value is -1.62. The van der Waals surface area contributed by atoms with E-state index in [0.717, 1.165) is 0 Å². The highest BCUT2D eigenvalue weighted by Gasteiger charge is 2.47. The van der Waals surface area contributed by atoms with Crippen LogP contribution in [0.15, 0.2) is 18.2 Å². The van der Waals surface area contributed by atoms with Crippen LogP contribution < -0.4 is 5.32 Å². The molecule has 0 bridgehead atoms. The van der Waals surface area contributed by atoms with Crippen molar-refractivity contribution in [1.82, 2.24) is 0 Å². The zero-order valence-corrected chi connectivity index (χ0v) is 11.2. The Balaban J connectivity index is 2.25. The van der Waals surface area contributed by atoms with E-state index >= 15 is 0 Å². The van der Waals surface area contributed by atoms with Crippen LogP contribution in [0, 0.1) is 11.2 Å². The molecule has 2 unspecified atom stereocenters. The van der Waals surface area contributed by atoms with Crippen molar-refractivity contribution in [2.75, 3.05) is 12.4 Å². The first-order valence-electron chi connectivity index (χ1n) is 6.18. The zero-order valence-electron chi connectivity index (χ0n) is 11.2. The molecule has 0 radical (unpaired) electrons. The van der Waals surface area contributed by atoms with Crippen LogP contribution in [0.4, 0.5) is 10.1 Å². The molecule has 0 aromatic heterocycles. The highest BCUT2D eigenvalue weighted by Crippen LogP contribution is 2.42. The molecule has 1 aliphatic rings. The van der Waals surface area contributed by atoms with Gasteiger partial charge in [0.05, 0.1) is 24.5 Å². The van der Waals surface area contributed by atoms with Gasteiger partial charge in [0.2, 0.25) is 0 Å². The monoisotopic (exact) mass is 267 g/mol. The van der Waals surface area contributed by atoms with E-state index in [1.54, 1.807) is 0 Å². The molecule has 2 atom stereocenters. The fourth-order valence-corrected chi connectivity index (χ4v) is 2.26. The summed E-state index contributed by atoms with van der Waals surface area (Å²) in [5.74, 6) is -0.937. The molecule has 19 heavy (non-hydrogen) atoms. The minimum Gasteiger partial charge on any atom is -0.465 e. The number of carbonyl (C=O) groups is 1. The summed E-state index contributed by atoms with van der Waals surface area (Å²) in [5, 5.41) is 12.8. The van der Waals surface area contributed by atoms with E-state index in [1.165, 1.54) is 25.3 Å². The molecule has 104 valence electrons. The van der Waals surface area contributed by atoms with Crippen LogP contribution >= 0.6 is 0 Å². The Morgan fingerprint density at radius 2 is 2.21 bits per heavy atom. The predicted molar refractivity (Wildman–Crippen MR) is 69.6 cm³/mol. The standard InChI is InChI=1S/C14H18FNO3/c1-14(2)11(7-12(14)17)16-10-6-8(15)4-5-9(10)13(18)19-3/h4-6,11-12,16-17H,7H2,1-3H3. The lowest BCUT2D eigenvalue weighted by atomic mass is 9.64. The van der Waals surface area contributed by atoms with Crippen molar-refractivity contribution in [2.45, 2.75) is 32.4 Å². The quantitative estimate of drug-likeness (QED) is 0.824. The van der Waals surface area contributed by atoms with E-state index in [9.17, 15) is 14.3 Å². The normalized spacial score (nSPS) is 24.5. The minimum atomic E-state index is -0.514. The van der Waals surface area contributed by atoms with Crippen LogP contribution in [0.5, 0.6) is 0 Å². The van der Waals surface area contributed by atoms with Gasteiger partial charge in [-0.2, -0.15) is 0 Å². The van der Waals surface area contributed by atoms with Crippen LogP contribution in [-0.4, -0.2) is 30.3 Å². The molecule has 1 saturated carbocycles. The number of nitrogens with one attached hydrogen (secondary N) is 1. The van der Waals surface area contributed by atoms with Crippen molar-refractivity contribution in [3.8, 4) is 0 Å². The van der Waals surface area contributed by atoms with Gasteiger partial charge in [0.25, 0.3) is 0 Å². The second kappa shape index (κ2) is 4.81. The highest BCUT2D eigenvalue weighted by atomic mass is 19.1. The summed E-state index contributed by atoms with van der Waals surface area (Å²) in [7, 11) is 1.28. The number of rotatable bonds is 3. The summed E-state index contributed by atoms with van der Waals surface area (Å²) in [6.45, 7) is 3.85. The molecule has 0 amide bonds. The summed E-state index contributed by atoms with van der Waals surface area (Å²) in [4.78, 5) is 11.6. The maximum atomic E-state index is 13.3. The molecule has 2 N–H and O–H groups in total. The first-order chi connectivity index (χ1) is 8.86. The van der Waals surface area contributed by atoms with E-state index in [0.29, 0.717) is 17.7 Å².